The van der Waals surface area contributed by atoms with Crippen molar-refractivity contribution in [2.24, 2.45) is 0 Å². The van der Waals surface area contributed by atoms with Crippen LogP contribution in [0.1, 0.15) is 13.8 Å². The molecule has 1 aliphatic rings. The summed E-state index contributed by atoms with van der Waals surface area (Å²) in [7, 11) is -1.06. The molecule has 0 aromatic rings. The standard InChI is InChI=1S/C8H20ClNSi2/c1-8(2)7-11-10(6-5-9)12(8,3)4/h5-7,11H2,1-4H3. The first-order chi connectivity index (χ1) is 5.42. The molecule has 0 aromatic carbocycles. The first-order valence-electron chi connectivity index (χ1n) is 4.73. The number of nitrogens with zero attached hydrogens (tertiary/aromatic N) is 1. The molecule has 0 radical (unpaired) electrons. The van der Waals surface area contributed by atoms with Crippen LogP contribution in [-0.2, 0) is 0 Å². The number of alkyl halides is 1. The van der Waals surface area contributed by atoms with Crippen molar-refractivity contribution in [3.05, 3.63) is 0 Å². The van der Waals surface area contributed by atoms with Gasteiger partial charge in [-0.2, -0.15) is 0 Å². The third-order valence-electron chi connectivity index (χ3n) is 3.81. The molecule has 1 heterocycles. The second kappa shape index (κ2) is 3.44. The van der Waals surface area contributed by atoms with Gasteiger partial charge in [-0.25, -0.2) is 0 Å². The summed E-state index contributed by atoms with van der Waals surface area (Å²) in [5.41, 5.74) is 0. The molecule has 4 heteroatoms. The molecule has 0 N–H and O–H groups in total. The molecule has 1 fully saturated rings. The molecule has 1 aliphatic heterocycles. The van der Waals surface area contributed by atoms with Crippen LogP contribution in [0.25, 0.3) is 0 Å². The predicted molar refractivity (Wildman–Crippen MR) is 62.3 cm³/mol. The fourth-order valence-corrected chi connectivity index (χ4v) is 11.8. The second-order valence-electron chi connectivity index (χ2n) is 4.87. The number of hydrogen-bond donors (Lipinski definition) is 0. The number of halogens is 1. The average molecular weight is 222 g/mol. The largest absolute Gasteiger partial charge is 0.349 e. The van der Waals surface area contributed by atoms with Gasteiger partial charge in [-0.1, -0.05) is 26.9 Å². The Balaban J connectivity index is 2.71. The molecule has 0 bridgehead atoms. The Hall–Kier alpha value is 0.684. The molecule has 12 heavy (non-hydrogen) atoms. The molecule has 1 saturated heterocycles. The van der Waals surface area contributed by atoms with Crippen LogP contribution in [0.15, 0.2) is 0 Å². The van der Waals surface area contributed by atoms with E-state index in [4.69, 9.17) is 11.6 Å². The van der Waals surface area contributed by atoms with Crippen molar-refractivity contribution < 1.29 is 0 Å². The van der Waals surface area contributed by atoms with Crippen molar-refractivity contribution in [3.8, 4) is 0 Å². The van der Waals surface area contributed by atoms with Crippen molar-refractivity contribution in [1.29, 1.82) is 0 Å². The maximum Gasteiger partial charge on any atom is 0.120 e. The molecule has 0 spiro atoms. The number of rotatable bonds is 2. The van der Waals surface area contributed by atoms with Gasteiger partial charge in [-0.05, 0) is 17.6 Å². The normalized spacial score (nSPS) is 29.8. The monoisotopic (exact) mass is 221 g/mol. The van der Waals surface area contributed by atoms with Crippen molar-refractivity contribution in [1.82, 2.24) is 4.23 Å². The maximum absolute atomic E-state index is 5.80. The smallest absolute Gasteiger partial charge is 0.120 e. The van der Waals surface area contributed by atoms with Gasteiger partial charge in [-0.15, -0.1) is 11.6 Å². The van der Waals surface area contributed by atoms with E-state index in [0.29, 0.717) is 5.04 Å². The van der Waals surface area contributed by atoms with Gasteiger partial charge in [0, 0.05) is 5.88 Å². The highest BCUT2D eigenvalue weighted by Crippen LogP contribution is 2.47. The summed E-state index contributed by atoms with van der Waals surface area (Å²) in [6, 6.07) is 1.49. The average Bonchev–Trinajstić information content (AvgIpc) is 2.13. The van der Waals surface area contributed by atoms with Crippen molar-refractivity contribution in [2.45, 2.75) is 38.0 Å². The molecule has 0 unspecified atom stereocenters. The predicted octanol–water partition coefficient (Wildman–Crippen LogP) is 2.03. The Morgan fingerprint density at radius 1 is 1.50 bits per heavy atom. The summed E-state index contributed by atoms with van der Waals surface area (Å²) in [6.45, 7) is 11.0. The minimum absolute atomic E-state index is 0.0485. The topological polar surface area (TPSA) is 3.24 Å². The van der Waals surface area contributed by atoms with Crippen molar-refractivity contribution in [3.63, 3.8) is 0 Å². The third kappa shape index (κ3) is 1.64. The molecule has 0 atom stereocenters. The zero-order valence-electron chi connectivity index (χ0n) is 8.65. The zero-order valence-corrected chi connectivity index (χ0v) is 11.8. The van der Waals surface area contributed by atoms with Gasteiger partial charge in [-0.3, -0.25) is 0 Å². The molecule has 72 valence electrons. The van der Waals surface area contributed by atoms with Crippen LogP contribution in [0.4, 0.5) is 0 Å². The molecule has 0 saturated carbocycles. The molecular formula is C8H20ClNSi2. The van der Waals surface area contributed by atoms with Crippen LogP contribution in [-0.4, -0.2) is 34.6 Å². The lowest BCUT2D eigenvalue weighted by molar-refractivity contribution is 0.649. The first kappa shape index (κ1) is 10.8. The van der Waals surface area contributed by atoms with Gasteiger partial charge in [0.15, 0.2) is 0 Å². The van der Waals surface area contributed by atoms with E-state index in [9.17, 15) is 0 Å². The molecule has 1 nitrogen and oxygen atoms in total. The highest BCUT2D eigenvalue weighted by atomic mass is 35.5. The lowest BCUT2D eigenvalue weighted by Crippen LogP contribution is -2.50. The molecule has 0 aromatic heterocycles. The molecule has 0 amide bonds. The lowest BCUT2D eigenvalue weighted by Gasteiger charge is -2.39. The Kier molecular flexibility index (Phi) is 3.09. The zero-order chi connectivity index (χ0) is 9.41. The Morgan fingerprint density at radius 3 is 2.42 bits per heavy atom. The molecule has 0 aliphatic carbocycles. The van der Waals surface area contributed by atoms with Crippen LogP contribution in [0.3, 0.4) is 0 Å². The summed E-state index contributed by atoms with van der Waals surface area (Å²) in [6.07, 6.45) is 0. The van der Waals surface area contributed by atoms with E-state index >= 15 is 0 Å². The fraction of sp³-hybridized carbons (Fsp3) is 1.00. The van der Waals surface area contributed by atoms with E-state index in [1.807, 2.05) is 0 Å². The third-order valence-corrected chi connectivity index (χ3v) is 15.2. The van der Waals surface area contributed by atoms with Crippen LogP contribution in [0.5, 0.6) is 0 Å². The number of hydrogen-bond acceptors (Lipinski definition) is 1. The van der Waals surface area contributed by atoms with Gasteiger partial charge in [0.2, 0.25) is 0 Å². The fourth-order valence-electron chi connectivity index (χ4n) is 1.92. The van der Waals surface area contributed by atoms with Gasteiger partial charge in [0.05, 0.1) is 9.68 Å². The lowest BCUT2D eigenvalue weighted by atomic mass is 10.2. The van der Waals surface area contributed by atoms with Gasteiger partial charge in [0.25, 0.3) is 0 Å². The highest BCUT2D eigenvalue weighted by Gasteiger charge is 2.48. The summed E-state index contributed by atoms with van der Waals surface area (Å²) in [5.74, 6) is 0.819. The molecular weight excluding hydrogens is 202 g/mol. The van der Waals surface area contributed by atoms with Gasteiger partial charge in [0.1, 0.15) is 8.24 Å². The Labute approximate surface area is 84.5 Å². The van der Waals surface area contributed by atoms with E-state index in [1.54, 1.807) is 0 Å². The van der Waals surface area contributed by atoms with E-state index in [1.165, 1.54) is 6.04 Å². The van der Waals surface area contributed by atoms with Crippen LogP contribution in [0, 0.1) is 0 Å². The summed E-state index contributed by atoms with van der Waals surface area (Å²) in [4.78, 5) is 0. The highest BCUT2D eigenvalue weighted by molar-refractivity contribution is 6.86. The van der Waals surface area contributed by atoms with Crippen molar-refractivity contribution >= 4 is 29.5 Å². The minimum Gasteiger partial charge on any atom is -0.349 e. The minimum atomic E-state index is -1.11. The van der Waals surface area contributed by atoms with E-state index < -0.39 is 8.24 Å². The quantitative estimate of drug-likeness (QED) is 0.510. The van der Waals surface area contributed by atoms with E-state index in [0.717, 1.165) is 12.4 Å². The van der Waals surface area contributed by atoms with E-state index in [-0.39, 0.29) is 9.68 Å². The summed E-state index contributed by atoms with van der Waals surface area (Å²) < 4.78 is 2.78. The van der Waals surface area contributed by atoms with Gasteiger partial charge < -0.3 is 4.23 Å². The first-order valence-corrected chi connectivity index (χ1v) is 9.84. The van der Waals surface area contributed by atoms with Gasteiger partial charge >= 0.3 is 0 Å². The second-order valence-corrected chi connectivity index (χ2v) is 12.7. The summed E-state index contributed by atoms with van der Waals surface area (Å²) >= 11 is 5.80. The summed E-state index contributed by atoms with van der Waals surface area (Å²) in [5, 5.41) is 0.630. The van der Waals surface area contributed by atoms with Crippen LogP contribution >= 0.6 is 11.6 Å². The maximum atomic E-state index is 5.80. The van der Waals surface area contributed by atoms with Crippen molar-refractivity contribution in [2.75, 3.05) is 12.4 Å². The Morgan fingerprint density at radius 2 is 2.08 bits per heavy atom. The Bertz CT molecular complexity index is 170. The van der Waals surface area contributed by atoms with E-state index in [2.05, 4.69) is 31.2 Å². The SMILES string of the molecule is CC1(C)C[SiH2]N(CCCl)[Si]1(C)C. The molecule has 1 rings (SSSR count). The van der Waals surface area contributed by atoms with Crippen LogP contribution < -0.4 is 0 Å². The van der Waals surface area contributed by atoms with Crippen LogP contribution in [0.2, 0.25) is 24.2 Å².